The molecule has 3 N–H and O–H groups in total. The summed E-state index contributed by atoms with van der Waals surface area (Å²) in [7, 11) is 1.48. The molecule has 0 aromatic heterocycles. The number of nitrogens with two attached hydrogens (primary N) is 1. The van der Waals surface area contributed by atoms with Crippen molar-refractivity contribution in [3.05, 3.63) is 24.3 Å². The van der Waals surface area contributed by atoms with Crippen molar-refractivity contribution in [1.82, 2.24) is 5.32 Å². The van der Waals surface area contributed by atoms with Crippen LogP contribution in [0.25, 0.3) is 0 Å². The first kappa shape index (κ1) is 9.42. The lowest BCUT2D eigenvalue weighted by Crippen LogP contribution is -2.18. The number of nitrogens with one attached hydrogen (secondary N) is 1. The largest absolute Gasteiger partial charge is 0.366 e. The Morgan fingerprint density at radius 1 is 1.45 bits per heavy atom. The van der Waals surface area contributed by atoms with Crippen LogP contribution in [0.3, 0.4) is 0 Å². The van der Waals surface area contributed by atoms with E-state index in [4.69, 9.17) is 5.73 Å². The third-order valence-electron chi connectivity index (χ3n) is 0.967. The van der Waals surface area contributed by atoms with Crippen molar-refractivity contribution in [2.45, 2.75) is 0 Å². The minimum absolute atomic E-state index is 0.200. The Bertz CT molecular complexity index is 218. The van der Waals surface area contributed by atoms with Gasteiger partial charge in [0, 0.05) is 18.7 Å². The molecule has 0 spiro atoms. The Labute approximate surface area is 64.8 Å². The Kier molecular flexibility index (Phi) is 3.66. The maximum atomic E-state index is 10.7. The van der Waals surface area contributed by atoms with Crippen molar-refractivity contribution in [2.24, 2.45) is 5.73 Å². The molecule has 4 heteroatoms. The second kappa shape index (κ2) is 4.27. The average molecular weight is 154 g/mol. The SMILES string of the molecule is C=C(/C=C\C(N)=O)C(=O)NC. The first-order valence-corrected chi connectivity index (χ1v) is 2.96. The van der Waals surface area contributed by atoms with Crippen LogP contribution in [-0.2, 0) is 9.59 Å². The topological polar surface area (TPSA) is 72.2 Å². The van der Waals surface area contributed by atoms with Gasteiger partial charge in [0.05, 0.1) is 0 Å². The monoisotopic (exact) mass is 154 g/mol. The lowest BCUT2D eigenvalue weighted by atomic mass is 10.2. The van der Waals surface area contributed by atoms with Crippen LogP contribution in [0.1, 0.15) is 0 Å². The van der Waals surface area contributed by atoms with Crippen molar-refractivity contribution in [3.63, 3.8) is 0 Å². The highest BCUT2D eigenvalue weighted by Gasteiger charge is 1.98. The van der Waals surface area contributed by atoms with Crippen molar-refractivity contribution in [2.75, 3.05) is 7.05 Å². The van der Waals surface area contributed by atoms with Crippen LogP contribution in [0, 0.1) is 0 Å². The number of hydrogen-bond acceptors (Lipinski definition) is 2. The number of likely N-dealkylation sites (N-methyl/N-ethyl adjacent to an activating group) is 1. The Morgan fingerprint density at radius 2 is 2.00 bits per heavy atom. The standard InChI is InChI=1S/C7H10N2O2/c1-5(7(11)9-2)3-4-6(8)10/h3-4H,1H2,2H3,(H2,8,10)(H,9,11)/b4-3-. The van der Waals surface area contributed by atoms with Gasteiger partial charge in [-0.2, -0.15) is 0 Å². The van der Waals surface area contributed by atoms with E-state index in [9.17, 15) is 9.59 Å². The molecule has 4 nitrogen and oxygen atoms in total. The number of carbonyl (C=O) groups is 2. The molecule has 0 aromatic carbocycles. The minimum atomic E-state index is -0.602. The quantitative estimate of drug-likeness (QED) is 0.418. The number of carbonyl (C=O) groups excluding carboxylic acids is 2. The molecule has 0 heterocycles. The zero-order valence-electron chi connectivity index (χ0n) is 6.26. The maximum absolute atomic E-state index is 10.7. The van der Waals surface area contributed by atoms with Gasteiger partial charge in [-0.25, -0.2) is 0 Å². The highest BCUT2D eigenvalue weighted by atomic mass is 16.2. The second-order valence-corrected chi connectivity index (χ2v) is 1.84. The van der Waals surface area contributed by atoms with Gasteiger partial charge in [-0.1, -0.05) is 6.58 Å². The number of rotatable bonds is 3. The molecule has 0 atom stereocenters. The highest BCUT2D eigenvalue weighted by molar-refractivity contribution is 5.97. The lowest BCUT2D eigenvalue weighted by molar-refractivity contribution is -0.116. The molecule has 0 bridgehead atoms. The number of primary amides is 1. The molecule has 0 aliphatic rings. The lowest BCUT2D eigenvalue weighted by Gasteiger charge is -1.95. The summed E-state index contributed by atoms with van der Waals surface area (Å²) < 4.78 is 0. The molecule has 2 amide bonds. The molecule has 0 radical (unpaired) electrons. The molecule has 0 unspecified atom stereocenters. The normalized spacial score (nSPS) is 9.55. The van der Waals surface area contributed by atoms with E-state index in [2.05, 4.69) is 11.9 Å². The summed E-state index contributed by atoms with van der Waals surface area (Å²) in [6, 6.07) is 0. The van der Waals surface area contributed by atoms with Crippen LogP contribution >= 0.6 is 0 Å². The second-order valence-electron chi connectivity index (χ2n) is 1.84. The molecule has 0 aromatic rings. The predicted octanol–water partition coefficient (Wildman–Crippen LogP) is -0.670. The van der Waals surface area contributed by atoms with E-state index in [1.807, 2.05) is 0 Å². The van der Waals surface area contributed by atoms with Crippen molar-refractivity contribution >= 4 is 11.8 Å². The van der Waals surface area contributed by atoms with E-state index in [0.29, 0.717) is 0 Å². The van der Waals surface area contributed by atoms with E-state index in [-0.39, 0.29) is 11.5 Å². The fraction of sp³-hybridized carbons (Fsp3) is 0.143. The molecule has 0 aliphatic carbocycles. The van der Waals surface area contributed by atoms with E-state index in [1.54, 1.807) is 0 Å². The maximum Gasteiger partial charge on any atom is 0.250 e. The van der Waals surface area contributed by atoms with Gasteiger partial charge >= 0.3 is 0 Å². The third kappa shape index (κ3) is 3.91. The molecular formula is C7H10N2O2. The molecule has 60 valence electrons. The summed E-state index contributed by atoms with van der Waals surface area (Å²) in [6.07, 6.45) is 2.35. The zero-order chi connectivity index (χ0) is 8.85. The van der Waals surface area contributed by atoms with Crippen LogP contribution < -0.4 is 11.1 Å². The number of amides is 2. The zero-order valence-corrected chi connectivity index (χ0v) is 6.26. The van der Waals surface area contributed by atoms with Gasteiger partial charge in [0.25, 0.3) is 0 Å². The van der Waals surface area contributed by atoms with E-state index >= 15 is 0 Å². The summed E-state index contributed by atoms with van der Waals surface area (Å²) in [5.41, 5.74) is 4.98. The molecule has 0 aliphatic heterocycles. The minimum Gasteiger partial charge on any atom is -0.366 e. The van der Waals surface area contributed by atoms with Crippen LogP contribution in [-0.4, -0.2) is 18.9 Å². The fourth-order valence-corrected chi connectivity index (χ4v) is 0.419. The molecule has 11 heavy (non-hydrogen) atoms. The van der Waals surface area contributed by atoms with Gasteiger partial charge in [0.1, 0.15) is 0 Å². The van der Waals surface area contributed by atoms with Gasteiger partial charge in [-0.15, -0.1) is 0 Å². The Balaban J connectivity index is 4.08. The summed E-state index contributed by atoms with van der Waals surface area (Å²) in [5, 5.41) is 2.35. The Hall–Kier alpha value is -1.58. The van der Waals surface area contributed by atoms with E-state index < -0.39 is 5.91 Å². The first-order chi connectivity index (χ1) is 5.07. The number of hydrogen-bond donors (Lipinski definition) is 2. The molecule has 0 fully saturated rings. The average Bonchev–Trinajstić information content (AvgIpc) is 1.98. The van der Waals surface area contributed by atoms with Gasteiger partial charge in [0.15, 0.2) is 0 Å². The fourth-order valence-electron chi connectivity index (χ4n) is 0.419. The van der Waals surface area contributed by atoms with Crippen LogP contribution in [0.15, 0.2) is 24.3 Å². The van der Waals surface area contributed by atoms with Crippen molar-refractivity contribution in [1.29, 1.82) is 0 Å². The van der Waals surface area contributed by atoms with Crippen LogP contribution in [0.2, 0.25) is 0 Å². The van der Waals surface area contributed by atoms with Crippen molar-refractivity contribution < 1.29 is 9.59 Å². The van der Waals surface area contributed by atoms with E-state index in [1.165, 1.54) is 13.1 Å². The van der Waals surface area contributed by atoms with Crippen LogP contribution in [0.4, 0.5) is 0 Å². The predicted molar refractivity (Wildman–Crippen MR) is 41.5 cm³/mol. The summed E-state index contributed by atoms with van der Waals surface area (Å²) >= 11 is 0. The van der Waals surface area contributed by atoms with Crippen molar-refractivity contribution in [3.8, 4) is 0 Å². The summed E-state index contributed by atoms with van der Waals surface area (Å²) in [4.78, 5) is 20.9. The molecule has 0 saturated heterocycles. The smallest absolute Gasteiger partial charge is 0.250 e. The first-order valence-electron chi connectivity index (χ1n) is 2.96. The van der Waals surface area contributed by atoms with Crippen LogP contribution in [0.5, 0.6) is 0 Å². The molecular weight excluding hydrogens is 144 g/mol. The van der Waals surface area contributed by atoms with Gasteiger partial charge in [-0.3, -0.25) is 9.59 Å². The summed E-state index contributed by atoms with van der Waals surface area (Å²) in [5.74, 6) is -0.933. The van der Waals surface area contributed by atoms with Gasteiger partial charge in [0.2, 0.25) is 11.8 Å². The molecule has 0 saturated carbocycles. The molecule has 0 rings (SSSR count). The van der Waals surface area contributed by atoms with Gasteiger partial charge < -0.3 is 11.1 Å². The summed E-state index contributed by atoms with van der Waals surface area (Å²) in [6.45, 7) is 3.39. The third-order valence-corrected chi connectivity index (χ3v) is 0.967. The van der Waals surface area contributed by atoms with Gasteiger partial charge in [-0.05, 0) is 6.08 Å². The van der Waals surface area contributed by atoms with E-state index in [0.717, 1.165) is 6.08 Å². The Morgan fingerprint density at radius 3 is 2.36 bits per heavy atom. The highest BCUT2D eigenvalue weighted by Crippen LogP contribution is 1.90.